The number of fused-ring (bicyclic) bond motifs is 1. The van der Waals surface area contributed by atoms with Crippen molar-refractivity contribution >= 4 is 23.2 Å². The molecule has 0 spiro atoms. The minimum atomic E-state index is -0.0946. The average Bonchev–Trinajstić information content (AvgIpc) is 3.07. The van der Waals surface area contributed by atoms with E-state index in [1.54, 1.807) is 18.5 Å². The van der Waals surface area contributed by atoms with Gasteiger partial charge < -0.3 is 10.3 Å². The molecule has 0 fully saturated rings. The molecular formula is C19H16N4O. The molecule has 2 N–H and O–H groups in total. The highest BCUT2D eigenvalue weighted by Gasteiger charge is 2.25. The van der Waals surface area contributed by atoms with Crippen molar-refractivity contribution in [2.45, 2.75) is 13.8 Å². The van der Waals surface area contributed by atoms with Crippen molar-refractivity contribution in [1.82, 2.24) is 15.0 Å². The van der Waals surface area contributed by atoms with E-state index in [2.05, 4.69) is 26.3 Å². The number of rotatable bonds is 2. The number of anilines is 1. The number of aromatic nitrogens is 3. The van der Waals surface area contributed by atoms with Crippen LogP contribution in [0.15, 0.2) is 42.7 Å². The number of H-pyrrole nitrogens is 1. The molecule has 0 unspecified atom stereocenters. The lowest BCUT2D eigenvalue weighted by Crippen LogP contribution is -2.03. The third kappa shape index (κ3) is 2.40. The van der Waals surface area contributed by atoms with Crippen LogP contribution in [0.5, 0.6) is 0 Å². The van der Waals surface area contributed by atoms with Crippen molar-refractivity contribution in [3.05, 3.63) is 65.2 Å². The molecule has 4 rings (SSSR count). The second-order valence-corrected chi connectivity index (χ2v) is 5.89. The largest absolute Gasteiger partial charge is 0.359 e. The van der Waals surface area contributed by atoms with E-state index in [1.807, 2.05) is 38.1 Å². The van der Waals surface area contributed by atoms with E-state index in [4.69, 9.17) is 0 Å². The maximum Gasteiger partial charge on any atom is 0.256 e. The van der Waals surface area contributed by atoms with E-state index in [1.165, 1.54) is 0 Å². The zero-order valence-corrected chi connectivity index (χ0v) is 13.4. The van der Waals surface area contributed by atoms with Gasteiger partial charge in [0.05, 0.1) is 5.57 Å². The van der Waals surface area contributed by atoms with E-state index >= 15 is 0 Å². The summed E-state index contributed by atoms with van der Waals surface area (Å²) < 4.78 is 0. The minimum absolute atomic E-state index is 0.0946. The molecule has 3 aromatic rings. The summed E-state index contributed by atoms with van der Waals surface area (Å²) in [4.78, 5) is 24.2. The Hall–Kier alpha value is -3.21. The van der Waals surface area contributed by atoms with Gasteiger partial charge >= 0.3 is 0 Å². The lowest BCUT2D eigenvalue weighted by atomic mass is 10.0. The van der Waals surface area contributed by atoms with Gasteiger partial charge in [-0.1, -0.05) is 0 Å². The number of aromatic amines is 1. The number of hydrogen-bond donors (Lipinski definition) is 2. The van der Waals surface area contributed by atoms with E-state index in [9.17, 15) is 4.79 Å². The number of amides is 1. The van der Waals surface area contributed by atoms with Crippen LogP contribution in [-0.4, -0.2) is 20.9 Å². The zero-order valence-electron chi connectivity index (χ0n) is 13.4. The van der Waals surface area contributed by atoms with Gasteiger partial charge in [-0.25, -0.2) is 9.97 Å². The Balaban J connectivity index is 1.83. The molecule has 0 aliphatic carbocycles. The second kappa shape index (κ2) is 5.45. The van der Waals surface area contributed by atoms with Crippen LogP contribution in [0.4, 0.5) is 5.69 Å². The highest BCUT2D eigenvalue weighted by atomic mass is 16.2. The third-order valence-electron chi connectivity index (χ3n) is 4.10. The Morgan fingerprint density at radius 2 is 1.88 bits per heavy atom. The lowest BCUT2D eigenvalue weighted by molar-refractivity contribution is -0.110. The quantitative estimate of drug-likeness (QED) is 0.710. The maximum atomic E-state index is 12.4. The van der Waals surface area contributed by atoms with Crippen LogP contribution in [0, 0.1) is 13.8 Å². The number of hydrogen-bond acceptors (Lipinski definition) is 3. The van der Waals surface area contributed by atoms with E-state index in [-0.39, 0.29) is 5.91 Å². The fourth-order valence-corrected chi connectivity index (χ4v) is 2.96. The summed E-state index contributed by atoms with van der Waals surface area (Å²) in [6.45, 7) is 4.03. The molecule has 1 aliphatic heterocycles. The van der Waals surface area contributed by atoms with Gasteiger partial charge in [-0.3, -0.25) is 4.79 Å². The molecule has 1 aliphatic rings. The van der Waals surface area contributed by atoms with Gasteiger partial charge in [0, 0.05) is 40.6 Å². The Morgan fingerprint density at radius 1 is 1.08 bits per heavy atom. The first-order valence-corrected chi connectivity index (χ1v) is 7.73. The Bertz CT molecular complexity index is 970. The highest BCUT2D eigenvalue weighted by molar-refractivity contribution is 6.35. The van der Waals surface area contributed by atoms with Gasteiger partial charge in [0.1, 0.15) is 0 Å². The maximum absolute atomic E-state index is 12.4. The number of aryl methyl sites for hydroxylation is 2. The second-order valence-electron chi connectivity index (χ2n) is 5.89. The molecule has 0 saturated carbocycles. The summed E-state index contributed by atoms with van der Waals surface area (Å²) in [6.07, 6.45) is 5.32. The summed E-state index contributed by atoms with van der Waals surface area (Å²) in [5, 5.41) is 2.91. The van der Waals surface area contributed by atoms with Crippen molar-refractivity contribution in [1.29, 1.82) is 0 Å². The van der Waals surface area contributed by atoms with Crippen LogP contribution in [0.25, 0.3) is 23.0 Å². The SMILES string of the molecule is Cc1cc(C)c(/C=C2\C(=O)Nc3ccc(-c4ncccn4)cc32)[nH]1. The zero-order chi connectivity index (χ0) is 16.7. The van der Waals surface area contributed by atoms with Gasteiger partial charge in [-0.05, 0) is 55.8 Å². The van der Waals surface area contributed by atoms with Crippen LogP contribution in [0.3, 0.4) is 0 Å². The Morgan fingerprint density at radius 3 is 2.58 bits per heavy atom. The van der Waals surface area contributed by atoms with Gasteiger partial charge in [0.25, 0.3) is 5.91 Å². The van der Waals surface area contributed by atoms with Crippen molar-refractivity contribution in [3.8, 4) is 11.4 Å². The fraction of sp³-hybridized carbons (Fsp3) is 0.105. The predicted molar refractivity (Wildman–Crippen MR) is 94.2 cm³/mol. The molecule has 24 heavy (non-hydrogen) atoms. The molecule has 0 bridgehead atoms. The van der Waals surface area contributed by atoms with E-state index < -0.39 is 0 Å². The summed E-state index contributed by atoms with van der Waals surface area (Å²) in [6, 6.07) is 9.62. The number of carbonyl (C=O) groups excluding carboxylic acids is 1. The fourth-order valence-electron chi connectivity index (χ4n) is 2.96. The summed E-state index contributed by atoms with van der Waals surface area (Å²) in [5.41, 5.74) is 6.35. The summed E-state index contributed by atoms with van der Waals surface area (Å²) in [5.74, 6) is 0.550. The minimum Gasteiger partial charge on any atom is -0.359 e. The molecule has 0 atom stereocenters. The molecule has 0 saturated heterocycles. The standard InChI is InChI=1S/C19H16N4O/c1-11-8-12(2)22-17(11)10-15-14-9-13(18-20-6-3-7-21-18)4-5-16(14)23-19(15)24/h3-10,22H,1-2H3,(H,23,24)/b15-10-. The van der Waals surface area contributed by atoms with Gasteiger partial charge in [-0.15, -0.1) is 0 Å². The molecule has 5 nitrogen and oxygen atoms in total. The summed E-state index contributed by atoms with van der Waals surface area (Å²) in [7, 11) is 0. The first kappa shape index (κ1) is 14.4. The van der Waals surface area contributed by atoms with Crippen molar-refractivity contribution < 1.29 is 4.79 Å². The Labute approximate surface area is 139 Å². The van der Waals surface area contributed by atoms with Crippen LogP contribution in [0.2, 0.25) is 0 Å². The molecule has 2 aromatic heterocycles. The third-order valence-corrected chi connectivity index (χ3v) is 4.10. The number of nitrogens with one attached hydrogen (secondary N) is 2. The van der Waals surface area contributed by atoms with Crippen LogP contribution >= 0.6 is 0 Å². The summed E-state index contributed by atoms with van der Waals surface area (Å²) >= 11 is 0. The van der Waals surface area contributed by atoms with E-state index in [0.717, 1.165) is 33.8 Å². The van der Waals surface area contributed by atoms with Crippen LogP contribution in [0.1, 0.15) is 22.5 Å². The number of benzene rings is 1. The van der Waals surface area contributed by atoms with Crippen LogP contribution in [-0.2, 0) is 4.79 Å². The first-order chi connectivity index (χ1) is 11.6. The molecule has 118 valence electrons. The topological polar surface area (TPSA) is 70.7 Å². The van der Waals surface area contributed by atoms with E-state index in [0.29, 0.717) is 11.4 Å². The molecule has 3 heterocycles. The molecular weight excluding hydrogens is 300 g/mol. The smallest absolute Gasteiger partial charge is 0.256 e. The number of carbonyl (C=O) groups is 1. The van der Waals surface area contributed by atoms with Crippen molar-refractivity contribution in [2.24, 2.45) is 0 Å². The van der Waals surface area contributed by atoms with Gasteiger partial charge in [-0.2, -0.15) is 0 Å². The van der Waals surface area contributed by atoms with Crippen molar-refractivity contribution in [2.75, 3.05) is 5.32 Å². The van der Waals surface area contributed by atoms with Crippen molar-refractivity contribution in [3.63, 3.8) is 0 Å². The average molecular weight is 316 g/mol. The van der Waals surface area contributed by atoms with Gasteiger partial charge in [0.2, 0.25) is 0 Å². The Kier molecular flexibility index (Phi) is 3.27. The van der Waals surface area contributed by atoms with Crippen LogP contribution < -0.4 is 5.32 Å². The number of nitrogens with zero attached hydrogens (tertiary/aromatic N) is 2. The molecule has 5 heteroatoms. The molecule has 0 radical (unpaired) electrons. The highest BCUT2D eigenvalue weighted by Crippen LogP contribution is 2.35. The molecule has 1 aromatic carbocycles. The normalized spacial score (nSPS) is 14.8. The lowest BCUT2D eigenvalue weighted by Gasteiger charge is -2.03. The van der Waals surface area contributed by atoms with Gasteiger partial charge in [0.15, 0.2) is 5.82 Å². The predicted octanol–water partition coefficient (Wildman–Crippen LogP) is 3.58. The monoisotopic (exact) mass is 316 g/mol. The molecule has 1 amide bonds. The first-order valence-electron chi connectivity index (χ1n) is 7.73.